The number of fused-ring (bicyclic) bond motifs is 2. The third kappa shape index (κ3) is 8.64. The maximum absolute atomic E-state index is 14.1. The number of benzene rings is 1. The van der Waals surface area contributed by atoms with Gasteiger partial charge in [-0.3, -0.25) is 4.79 Å². The van der Waals surface area contributed by atoms with Crippen LogP contribution >= 0.6 is 0 Å². The predicted octanol–water partition coefficient (Wildman–Crippen LogP) is 3.02. The van der Waals surface area contributed by atoms with Crippen LogP contribution in [0.5, 0.6) is 0 Å². The van der Waals surface area contributed by atoms with Gasteiger partial charge < -0.3 is 77.6 Å². The van der Waals surface area contributed by atoms with Gasteiger partial charge in [0.2, 0.25) is 0 Å². The molecule has 24 atom stereocenters. The first-order valence-corrected chi connectivity index (χ1v) is 25.4. The minimum Gasteiger partial charge on any atom is -0.455 e. The Labute approximate surface area is 414 Å². The number of rotatable bonds is 13. The van der Waals surface area contributed by atoms with Crippen LogP contribution in [0.15, 0.2) is 42.0 Å². The molecule has 396 valence electrons. The highest BCUT2D eigenvalue weighted by molar-refractivity contribution is 5.90. The van der Waals surface area contributed by atoms with E-state index in [-0.39, 0.29) is 30.1 Å². The summed E-state index contributed by atoms with van der Waals surface area (Å²) in [4.78, 5) is 41.7. The minimum absolute atomic E-state index is 0.0165. The standard InChI is InChI=1S/C52H74O19/c1-10-24(2)44(59)66-41-42-49(6)19-17-30(22-29(49)16-20-51(42)52(71-51)21-18-31(25(3)53)50(52,7)43(41)69-45(60)28-14-12-11-13-15-28)65-33-23-32(54)38(26(4)63-33)67-48-37(58)40(61-8)39(27(5)64-48)68-47-36(57)34(55)35(56)46(62-9)70-47/h10-15,26-27,29-43,46-48,54-58H,16-23H2,1-9H3/b24-10+/t26-,27-,29+,30+,31-,32-,33+,34+,35+,36-,37-,38-,39-,40+,41+,42-,43-,46+,47-,48+,49+,50+,51+,52-/m1/s1. The average molecular weight is 1000 g/mol. The van der Waals surface area contributed by atoms with Gasteiger partial charge in [0.05, 0.1) is 30.0 Å². The smallest absolute Gasteiger partial charge is 0.338 e. The molecule has 8 fully saturated rings. The number of aliphatic hydroxyl groups is 5. The van der Waals surface area contributed by atoms with Crippen LogP contribution < -0.4 is 0 Å². The molecule has 0 aromatic heterocycles. The summed E-state index contributed by atoms with van der Waals surface area (Å²) in [6.45, 7) is 12.7. The van der Waals surface area contributed by atoms with Gasteiger partial charge in [-0.15, -0.1) is 0 Å². The molecule has 4 saturated heterocycles. The molecule has 1 aromatic rings. The van der Waals surface area contributed by atoms with Crippen molar-refractivity contribution in [2.45, 2.75) is 216 Å². The fraction of sp³-hybridized carbons (Fsp3) is 0.788. The Bertz CT molecular complexity index is 2130. The van der Waals surface area contributed by atoms with Crippen LogP contribution in [-0.2, 0) is 61.7 Å². The highest BCUT2D eigenvalue weighted by atomic mass is 16.8. The van der Waals surface area contributed by atoms with Crippen molar-refractivity contribution in [3.63, 3.8) is 0 Å². The molecule has 1 aromatic carbocycles. The second-order valence-electron chi connectivity index (χ2n) is 21.8. The molecule has 19 heteroatoms. The van der Waals surface area contributed by atoms with Gasteiger partial charge in [-0.05, 0) is 103 Å². The summed E-state index contributed by atoms with van der Waals surface area (Å²) >= 11 is 0. The van der Waals surface area contributed by atoms with Crippen molar-refractivity contribution in [1.82, 2.24) is 0 Å². The number of hydrogen-bond acceptors (Lipinski definition) is 19. The molecule has 0 radical (unpaired) electrons. The summed E-state index contributed by atoms with van der Waals surface area (Å²) in [7, 11) is 2.62. The van der Waals surface area contributed by atoms with E-state index in [0.717, 1.165) is 6.42 Å². The number of aliphatic hydroxyl groups excluding tert-OH is 5. The largest absolute Gasteiger partial charge is 0.455 e. The number of carbonyl (C=O) groups excluding carboxylic acids is 3. The van der Waals surface area contributed by atoms with Crippen LogP contribution in [0.4, 0.5) is 0 Å². The number of ketones is 1. The van der Waals surface area contributed by atoms with E-state index < -0.39 is 138 Å². The van der Waals surface area contributed by atoms with Crippen LogP contribution in [-0.4, -0.2) is 173 Å². The Kier molecular flexibility index (Phi) is 14.8. The first-order chi connectivity index (χ1) is 33.7. The SMILES string of the molecule is C/C=C(\C)C(=O)O[C@@H]1[C@@H](OC(=O)c2ccccc2)[C@]2(C)[C@@H](C(C)=O)CC[C@@]23O[C@]32CC[C@H]3C[C@@H](O[C@H]4C[C@@H](O)[C@H](O[C@@H]5O[C@H](C)[C@@H](O[C@@H]6O[C@H](OC)[C@@H](O)[C@H](O)[C@H]6O)[C@@H](OC)[C@H]5O)[C@@H](C)O4)CC[C@]3(C)[C@@H]12. The highest BCUT2D eigenvalue weighted by Crippen LogP contribution is 2.81. The van der Waals surface area contributed by atoms with E-state index in [1.807, 2.05) is 13.0 Å². The molecule has 9 rings (SSSR count). The fourth-order valence-electron chi connectivity index (χ4n) is 14.5. The van der Waals surface area contributed by atoms with E-state index in [2.05, 4.69) is 6.92 Å². The average Bonchev–Trinajstić information content (AvgIpc) is 3.90. The molecule has 0 bridgehead atoms. The third-order valence-corrected chi connectivity index (χ3v) is 18.2. The zero-order valence-electron chi connectivity index (χ0n) is 42.1. The number of epoxide rings is 1. The quantitative estimate of drug-likeness (QED) is 0.0824. The van der Waals surface area contributed by atoms with Gasteiger partial charge in [0.1, 0.15) is 71.9 Å². The topological polar surface area (TPSA) is 257 Å². The lowest BCUT2D eigenvalue weighted by molar-refractivity contribution is -0.386. The van der Waals surface area contributed by atoms with Gasteiger partial charge in [0.15, 0.2) is 25.2 Å². The summed E-state index contributed by atoms with van der Waals surface area (Å²) in [5.41, 5.74) is -2.15. The molecular weight excluding hydrogens is 929 g/mol. The van der Waals surface area contributed by atoms with Crippen molar-refractivity contribution in [2.75, 3.05) is 14.2 Å². The van der Waals surface area contributed by atoms with Crippen LogP contribution in [0, 0.1) is 28.6 Å². The van der Waals surface area contributed by atoms with Crippen LogP contribution in [0.1, 0.15) is 110 Å². The van der Waals surface area contributed by atoms with E-state index >= 15 is 0 Å². The second-order valence-corrected chi connectivity index (χ2v) is 21.8. The summed E-state index contributed by atoms with van der Waals surface area (Å²) in [6.07, 6.45) is -12.7. The number of esters is 2. The number of Topliss-reactive ketones (excluding diaryl/α,β-unsaturated/α-hetero) is 1. The zero-order chi connectivity index (χ0) is 51.1. The second kappa shape index (κ2) is 19.9. The van der Waals surface area contributed by atoms with E-state index in [4.69, 9.17) is 52.1 Å². The van der Waals surface area contributed by atoms with Crippen molar-refractivity contribution in [3.8, 4) is 0 Å². The third-order valence-electron chi connectivity index (χ3n) is 18.2. The number of hydrogen-bond donors (Lipinski definition) is 5. The fourth-order valence-corrected chi connectivity index (χ4v) is 14.5. The molecule has 71 heavy (non-hydrogen) atoms. The number of carbonyl (C=O) groups is 3. The maximum atomic E-state index is 14.1. The molecule has 0 unspecified atom stereocenters. The Morgan fingerprint density at radius 2 is 1.38 bits per heavy atom. The molecule has 8 aliphatic rings. The molecule has 4 aliphatic carbocycles. The van der Waals surface area contributed by atoms with Crippen molar-refractivity contribution in [2.24, 2.45) is 28.6 Å². The number of ether oxygens (including phenoxy) is 11. The van der Waals surface area contributed by atoms with E-state index in [1.165, 1.54) is 14.2 Å². The first kappa shape index (κ1) is 52.9. The Hall–Kier alpha value is -2.99. The Morgan fingerprint density at radius 3 is 2.04 bits per heavy atom. The number of allylic oxidation sites excluding steroid dienone is 1. The Morgan fingerprint density at radius 1 is 0.704 bits per heavy atom. The zero-order valence-corrected chi connectivity index (χ0v) is 42.1. The van der Waals surface area contributed by atoms with Crippen molar-refractivity contribution >= 4 is 17.7 Å². The molecule has 19 nitrogen and oxygen atoms in total. The lowest BCUT2D eigenvalue weighted by Crippen LogP contribution is -2.70. The van der Waals surface area contributed by atoms with Gasteiger partial charge in [0.25, 0.3) is 0 Å². The van der Waals surface area contributed by atoms with Crippen LogP contribution in [0.3, 0.4) is 0 Å². The summed E-state index contributed by atoms with van der Waals surface area (Å²) in [6, 6.07) is 8.72. The maximum Gasteiger partial charge on any atom is 0.338 e. The van der Waals surface area contributed by atoms with Gasteiger partial charge >= 0.3 is 11.9 Å². The molecule has 2 spiro atoms. The van der Waals surface area contributed by atoms with E-state index in [0.29, 0.717) is 49.7 Å². The minimum atomic E-state index is -1.66. The predicted molar refractivity (Wildman–Crippen MR) is 246 cm³/mol. The van der Waals surface area contributed by atoms with Crippen LogP contribution in [0.25, 0.3) is 0 Å². The van der Waals surface area contributed by atoms with E-state index in [9.17, 15) is 39.9 Å². The van der Waals surface area contributed by atoms with Gasteiger partial charge in [-0.1, -0.05) is 38.1 Å². The lowest BCUT2D eigenvalue weighted by Gasteiger charge is -2.61. The summed E-state index contributed by atoms with van der Waals surface area (Å²) in [5, 5.41) is 54.3. The molecular formula is C52H74O19. The van der Waals surface area contributed by atoms with Crippen molar-refractivity contribution in [3.05, 3.63) is 47.5 Å². The lowest BCUT2D eigenvalue weighted by atomic mass is 9.43. The Balaban J connectivity index is 0.887. The van der Waals surface area contributed by atoms with Gasteiger partial charge in [0, 0.05) is 43.5 Å². The normalized spacial score (nSPS) is 49.4. The van der Waals surface area contributed by atoms with Gasteiger partial charge in [-0.2, -0.15) is 0 Å². The van der Waals surface area contributed by atoms with Crippen molar-refractivity contribution < 1.29 is 92.0 Å². The first-order valence-electron chi connectivity index (χ1n) is 25.4. The molecule has 5 N–H and O–H groups in total. The summed E-state index contributed by atoms with van der Waals surface area (Å²) in [5.74, 6) is -1.88. The molecule has 0 amide bonds. The summed E-state index contributed by atoms with van der Waals surface area (Å²) < 4.78 is 68.1. The van der Waals surface area contributed by atoms with Gasteiger partial charge in [-0.25, -0.2) is 9.59 Å². The monoisotopic (exact) mass is 1000 g/mol. The molecule has 4 aliphatic heterocycles. The van der Waals surface area contributed by atoms with E-state index in [1.54, 1.807) is 65.0 Å². The van der Waals surface area contributed by atoms with Crippen LogP contribution in [0.2, 0.25) is 0 Å². The highest BCUT2D eigenvalue weighted by Gasteiger charge is 2.91. The van der Waals surface area contributed by atoms with Crippen molar-refractivity contribution in [1.29, 1.82) is 0 Å². The molecule has 4 saturated carbocycles. The molecule has 4 heterocycles. The number of methoxy groups -OCH3 is 2.